The molecule has 0 N–H and O–H groups in total. The van der Waals surface area contributed by atoms with Crippen LogP contribution in [-0.2, 0) is 4.74 Å². The van der Waals surface area contributed by atoms with Crippen molar-refractivity contribution in [2.45, 2.75) is 19.1 Å². The summed E-state index contributed by atoms with van der Waals surface area (Å²) in [6.45, 7) is 3.03. The minimum Gasteiger partial charge on any atom is -0.367 e. The Bertz CT molecular complexity index is 1060. The SMILES string of the molecule is CC1CN(C(=O)c2ccccc2-c2ccccc2C#N)CC(c2ccccc2)O1. The third kappa shape index (κ3) is 3.91. The average molecular weight is 382 g/mol. The van der Waals surface area contributed by atoms with Crippen LogP contribution in [0.5, 0.6) is 0 Å². The lowest BCUT2D eigenvalue weighted by Gasteiger charge is -2.37. The summed E-state index contributed by atoms with van der Waals surface area (Å²) in [7, 11) is 0. The van der Waals surface area contributed by atoms with Crippen molar-refractivity contribution >= 4 is 5.91 Å². The minimum absolute atomic E-state index is 0.0376. The van der Waals surface area contributed by atoms with Crippen LogP contribution >= 0.6 is 0 Å². The highest BCUT2D eigenvalue weighted by Crippen LogP contribution is 2.30. The maximum atomic E-state index is 13.5. The van der Waals surface area contributed by atoms with Crippen molar-refractivity contribution in [2.24, 2.45) is 0 Å². The molecule has 3 aromatic rings. The molecule has 1 amide bonds. The van der Waals surface area contributed by atoms with Crippen LogP contribution in [0.1, 0.15) is 34.5 Å². The minimum atomic E-state index is -0.151. The smallest absolute Gasteiger partial charge is 0.254 e. The Morgan fingerprint density at radius 1 is 0.931 bits per heavy atom. The first-order valence-electron chi connectivity index (χ1n) is 9.75. The number of morpholine rings is 1. The van der Waals surface area contributed by atoms with E-state index in [4.69, 9.17) is 4.74 Å². The summed E-state index contributed by atoms with van der Waals surface area (Å²) in [5.74, 6) is -0.0376. The normalized spacial score (nSPS) is 18.8. The standard InChI is InChI=1S/C25H22N2O2/c1-18-16-27(17-24(29-18)19-9-3-2-4-10-19)25(28)23-14-8-7-13-22(23)21-12-6-5-11-20(21)15-26/h2-14,18,24H,16-17H2,1H3. The predicted molar refractivity (Wildman–Crippen MR) is 112 cm³/mol. The van der Waals surface area contributed by atoms with Crippen molar-refractivity contribution in [1.82, 2.24) is 4.90 Å². The Kier molecular flexibility index (Phi) is 5.41. The molecule has 4 rings (SSSR count). The molecule has 2 atom stereocenters. The molecule has 1 fully saturated rings. The molecule has 144 valence electrons. The first-order chi connectivity index (χ1) is 14.2. The van der Waals surface area contributed by atoms with Gasteiger partial charge in [-0.1, -0.05) is 66.7 Å². The number of nitrogens with zero attached hydrogens (tertiary/aromatic N) is 2. The molecule has 29 heavy (non-hydrogen) atoms. The van der Waals surface area contributed by atoms with Crippen LogP contribution < -0.4 is 0 Å². The second kappa shape index (κ2) is 8.30. The van der Waals surface area contributed by atoms with Crippen LogP contribution in [0.25, 0.3) is 11.1 Å². The topological polar surface area (TPSA) is 53.3 Å². The highest BCUT2D eigenvalue weighted by molar-refractivity contribution is 6.01. The lowest BCUT2D eigenvalue weighted by molar-refractivity contribution is -0.0691. The second-order valence-electron chi connectivity index (χ2n) is 7.26. The molecular weight excluding hydrogens is 360 g/mol. The van der Waals surface area contributed by atoms with Gasteiger partial charge in [-0.2, -0.15) is 5.26 Å². The summed E-state index contributed by atoms with van der Waals surface area (Å²) in [5, 5.41) is 9.49. The average Bonchev–Trinajstić information content (AvgIpc) is 2.78. The number of ether oxygens (including phenoxy) is 1. The Morgan fingerprint density at radius 3 is 2.34 bits per heavy atom. The van der Waals surface area contributed by atoms with Crippen LogP contribution in [0.2, 0.25) is 0 Å². The van der Waals surface area contributed by atoms with Gasteiger partial charge in [0, 0.05) is 17.7 Å². The van der Waals surface area contributed by atoms with E-state index >= 15 is 0 Å². The van der Waals surface area contributed by atoms with Gasteiger partial charge in [0.1, 0.15) is 6.10 Å². The Morgan fingerprint density at radius 2 is 1.59 bits per heavy atom. The molecule has 1 saturated heterocycles. The molecule has 0 spiro atoms. The van der Waals surface area contributed by atoms with Gasteiger partial charge in [-0.05, 0) is 30.2 Å². The van der Waals surface area contributed by atoms with Crippen molar-refractivity contribution in [1.29, 1.82) is 5.26 Å². The van der Waals surface area contributed by atoms with Crippen molar-refractivity contribution in [3.8, 4) is 17.2 Å². The van der Waals surface area contributed by atoms with Crippen molar-refractivity contribution in [3.63, 3.8) is 0 Å². The van der Waals surface area contributed by atoms with E-state index in [0.717, 1.165) is 16.7 Å². The molecule has 1 aliphatic rings. The van der Waals surface area contributed by atoms with Gasteiger partial charge in [0.05, 0.1) is 24.3 Å². The van der Waals surface area contributed by atoms with Crippen LogP contribution in [0.3, 0.4) is 0 Å². The number of hydrogen-bond acceptors (Lipinski definition) is 3. The van der Waals surface area contributed by atoms with E-state index in [-0.39, 0.29) is 18.1 Å². The molecule has 4 nitrogen and oxygen atoms in total. The van der Waals surface area contributed by atoms with E-state index in [1.807, 2.05) is 84.6 Å². The number of amides is 1. The molecule has 3 aromatic carbocycles. The predicted octanol–water partition coefficient (Wildman–Crippen LogP) is 4.83. The Hall–Kier alpha value is -3.42. The van der Waals surface area contributed by atoms with Gasteiger partial charge in [-0.3, -0.25) is 4.79 Å². The fourth-order valence-corrected chi connectivity index (χ4v) is 3.86. The maximum Gasteiger partial charge on any atom is 0.254 e. The van der Waals surface area contributed by atoms with E-state index in [1.54, 1.807) is 6.07 Å². The summed E-state index contributed by atoms with van der Waals surface area (Å²) in [5.41, 5.74) is 3.80. The number of carbonyl (C=O) groups excluding carboxylic acids is 1. The van der Waals surface area contributed by atoms with E-state index in [1.165, 1.54) is 0 Å². The van der Waals surface area contributed by atoms with E-state index < -0.39 is 0 Å². The van der Waals surface area contributed by atoms with Crippen molar-refractivity contribution < 1.29 is 9.53 Å². The van der Waals surface area contributed by atoms with Gasteiger partial charge >= 0.3 is 0 Å². The van der Waals surface area contributed by atoms with Crippen LogP contribution in [-0.4, -0.2) is 30.0 Å². The molecular formula is C25H22N2O2. The molecule has 4 heteroatoms. The summed E-state index contributed by atoms with van der Waals surface area (Å²) >= 11 is 0. The second-order valence-corrected chi connectivity index (χ2v) is 7.26. The Balaban J connectivity index is 1.67. The van der Waals surface area contributed by atoms with Crippen molar-refractivity contribution in [2.75, 3.05) is 13.1 Å². The van der Waals surface area contributed by atoms with Gasteiger partial charge in [-0.25, -0.2) is 0 Å². The van der Waals surface area contributed by atoms with Crippen molar-refractivity contribution in [3.05, 3.63) is 95.6 Å². The molecule has 0 saturated carbocycles. The Labute approximate surface area is 171 Å². The van der Waals surface area contributed by atoms with Gasteiger partial charge < -0.3 is 9.64 Å². The van der Waals surface area contributed by atoms with E-state index in [2.05, 4.69) is 6.07 Å². The molecule has 0 radical (unpaired) electrons. The highest BCUT2D eigenvalue weighted by Gasteiger charge is 2.31. The molecule has 0 bridgehead atoms. The summed E-state index contributed by atoms with van der Waals surface area (Å²) in [4.78, 5) is 15.4. The van der Waals surface area contributed by atoms with Gasteiger partial charge in [0.2, 0.25) is 0 Å². The summed E-state index contributed by atoms with van der Waals surface area (Å²) in [6, 6.07) is 27.1. The highest BCUT2D eigenvalue weighted by atomic mass is 16.5. The molecule has 2 unspecified atom stereocenters. The number of carbonyl (C=O) groups is 1. The van der Waals surface area contributed by atoms with Crippen LogP contribution in [0.15, 0.2) is 78.9 Å². The quantitative estimate of drug-likeness (QED) is 0.652. The monoisotopic (exact) mass is 382 g/mol. The van der Waals surface area contributed by atoms with Crippen LogP contribution in [0, 0.1) is 11.3 Å². The third-order valence-corrected chi connectivity index (χ3v) is 5.21. The zero-order valence-electron chi connectivity index (χ0n) is 16.3. The first kappa shape index (κ1) is 18.9. The molecule has 0 aliphatic carbocycles. The third-order valence-electron chi connectivity index (χ3n) is 5.21. The zero-order valence-corrected chi connectivity index (χ0v) is 16.3. The van der Waals surface area contributed by atoms with Gasteiger partial charge in [-0.15, -0.1) is 0 Å². The number of nitriles is 1. The molecule has 1 heterocycles. The van der Waals surface area contributed by atoms with E-state index in [0.29, 0.717) is 24.2 Å². The summed E-state index contributed by atoms with van der Waals surface area (Å²) < 4.78 is 6.10. The van der Waals surface area contributed by atoms with E-state index in [9.17, 15) is 10.1 Å². The maximum absolute atomic E-state index is 13.5. The number of hydrogen-bond donors (Lipinski definition) is 0. The zero-order chi connectivity index (χ0) is 20.2. The number of benzene rings is 3. The fraction of sp³-hybridized carbons (Fsp3) is 0.200. The molecule has 1 aliphatic heterocycles. The molecule has 0 aromatic heterocycles. The number of rotatable bonds is 3. The lowest BCUT2D eigenvalue weighted by Crippen LogP contribution is -2.46. The first-order valence-corrected chi connectivity index (χ1v) is 9.75. The van der Waals surface area contributed by atoms with Gasteiger partial charge in [0.15, 0.2) is 0 Å². The lowest BCUT2D eigenvalue weighted by atomic mass is 9.95. The fourth-order valence-electron chi connectivity index (χ4n) is 3.86. The van der Waals surface area contributed by atoms with Crippen LogP contribution in [0.4, 0.5) is 0 Å². The van der Waals surface area contributed by atoms with Gasteiger partial charge in [0.25, 0.3) is 5.91 Å². The largest absolute Gasteiger partial charge is 0.367 e. The summed E-state index contributed by atoms with van der Waals surface area (Å²) in [6.07, 6.45) is -0.209.